The lowest BCUT2D eigenvalue weighted by molar-refractivity contribution is -0.126. The van der Waals surface area contributed by atoms with E-state index in [2.05, 4.69) is 5.32 Å². The molecule has 23 heavy (non-hydrogen) atoms. The van der Waals surface area contributed by atoms with Gasteiger partial charge in [0.25, 0.3) is 5.91 Å². The number of rotatable bonds is 4. The molecule has 0 radical (unpaired) electrons. The van der Waals surface area contributed by atoms with Crippen LogP contribution in [0, 0.1) is 0 Å². The van der Waals surface area contributed by atoms with Gasteiger partial charge in [0.15, 0.2) is 0 Å². The minimum absolute atomic E-state index is 0.0173. The number of piperazine rings is 1. The minimum atomic E-state index is -0.489. The number of carbonyl (C=O) groups is 3. The van der Waals surface area contributed by atoms with Crippen LogP contribution >= 0.6 is 0 Å². The number of hydrogen-bond acceptors (Lipinski definition) is 4. The summed E-state index contributed by atoms with van der Waals surface area (Å²) in [6, 6.07) is 8.88. The molecule has 0 bridgehead atoms. The summed E-state index contributed by atoms with van der Waals surface area (Å²) < 4.78 is 0. The van der Waals surface area contributed by atoms with E-state index in [4.69, 9.17) is 0 Å². The average Bonchev–Trinajstić information content (AvgIpc) is 2.58. The van der Waals surface area contributed by atoms with Gasteiger partial charge < -0.3 is 15.0 Å². The summed E-state index contributed by atoms with van der Waals surface area (Å²) in [7, 11) is 0. The van der Waals surface area contributed by atoms with Crippen molar-refractivity contribution in [3.63, 3.8) is 0 Å². The van der Waals surface area contributed by atoms with Gasteiger partial charge in [-0.3, -0.25) is 9.69 Å². The normalized spacial score (nSPS) is 18.0. The Bertz CT molecular complexity index is 586. The maximum Gasteiger partial charge on any atom is 0.327 e. The molecule has 1 unspecified atom stereocenters. The van der Waals surface area contributed by atoms with Crippen LogP contribution in [0.1, 0.15) is 12.5 Å². The smallest absolute Gasteiger partial charge is 0.319 e. The van der Waals surface area contributed by atoms with Crippen molar-refractivity contribution in [1.29, 1.82) is 0 Å². The molecule has 1 aromatic carbocycles. The molecule has 1 aromatic rings. The van der Waals surface area contributed by atoms with Crippen molar-refractivity contribution in [2.24, 2.45) is 0 Å². The number of nitrogens with one attached hydrogen (secondary N) is 1. The SMILES string of the molecule is CC1CNCCN1C(=O)N(CC=O)C(=O)/C=C/c1ccccc1. The van der Waals surface area contributed by atoms with Gasteiger partial charge in [0.2, 0.25) is 0 Å². The molecule has 3 amide bonds. The molecule has 1 saturated heterocycles. The third-order valence-corrected chi connectivity index (χ3v) is 3.72. The summed E-state index contributed by atoms with van der Waals surface area (Å²) in [5, 5.41) is 3.19. The standard InChI is InChI=1S/C17H21N3O3/c1-14-13-18-9-10-19(14)17(23)20(11-12-21)16(22)8-7-15-5-3-2-4-6-15/h2-8,12,14,18H,9-11,13H2,1H3/b8-7+. The molecule has 0 aromatic heterocycles. The third-order valence-electron chi connectivity index (χ3n) is 3.72. The van der Waals surface area contributed by atoms with Crippen molar-refractivity contribution in [2.75, 3.05) is 26.2 Å². The maximum absolute atomic E-state index is 12.6. The molecule has 1 aliphatic heterocycles. The molecule has 0 spiro atoms. The number of benzene rings is 1. The summed E-state index contributed by atoms with van der Waals surface area (Å²) >= 11 is 0. The fourth-order valence-corrected chi connectivity index (χ4v) is 2.44. The van der Waals surface area contributed by atoms with E-state index in [0.29, 0.717) is 25.9 Å². The first kappa shape index (κ1) is 16.9. The van der Waals surface area contributed by atoms with Crippen LogP contribution in [0.2, 0.25) is 0 Å². The highest BCUT2D eigenvalue weighted by atomic mass is 16.2. The number of imide groups is 1. The minimum Gasteiger partial charge on any atom is -0.319 e. The van der Waals surface area contributed by atoms with E-state index >= 15 is 0 Å². The lowest BCUT2D eigenvalue weighted by Gasteiger charge is -2.36. The largest absolute Gasteiger partial charge is 0.327 e. The predicted octanol–water partition coefficient (Wildman–Crippen LogP) is 1.14. The molecule has 122 valence electrons. The zero-order valence-electron chi connectivity index (χ0n) is 13.1. The lowest BCUT2D eigenvalue weighted by atomic mass is 10.2. The Morgan fingerprint density at radius 1 is 1.35 bits per heavy atom. The molecule has 1 fully saturated rings. The molecule has 1 heterocycles. The molecule has 0 aliphatic carbocycles. The Labute approximate surface area is 135 Å². The molecule has 6 heteroatoms. The van der Waals surface area contributed by atoms with Gasteiger partial charge in [-0.05, 0) is 18.6 Å². The van der Waals surface area contributed by atoms with E-state index in [1.54, 1.807) is 11.0 Å². The van der Waals surface area contributed by atoms with E-state index in [0.717, 1.165) is 10.5 Å². The Kier molecular flexibility index (Phi) is 6.05. The predicted molar refractivity (Wildman–Crippen MR) is 87.7 cm³/mol. The molecular weight excluding hydrogens is 294 g/mol. The first-order chi connectivity index (χ1) is 11.1. The van der Waals surface area contributed by atoms with Crippen LogP contribution in [0.5, 0.6) is 0 Å². The van der Waals surface area contributed by atoms with Crippen LogP contribution in [0.4, 0.5) is 4.79 Å². The van der Waals surface area contributed by atoms with E-state index in [1.807, 2.05) is 37.3 Å². The summed E-state index contributed by atoms with van der Waals surface area (Å²) in [5.41, 5.74) is 0.856. The van der Waals surface area contributed by atoms with Crippen LogP contribution in [0.3, 0.4) is 0 Å². The summed E-state index contributed by atoms with van der Waals surface area (Å²) in [5.74, 6) is -0.489. The van der Waals surface area contributed by atoms with E-state index in [1.165, 1.54) is 6.08 Å². The Morgan fingerprint density at radius 2 is 2.09 bits per heavy atom. The monoisotopic (exact) mass is 315 g/mol. The molecule has 6 nitrogen and oxygen atoms in total. The number of carbonyl (C=O) groups excluding carboxylic acids is 3. The topological polar surface area (TPSA) is 69.7 Å². The van der Waals surface area contributed by atoms with Gasteiger partial charge >= 0.3 is 6.03 Å². The van der Waals surface area contributed by atoms with Gasteiger partial charge in [-0.2, -0.15) is 0 Å². The van der Waals surface area contributed by atoms with Crippen molar-refractivity contribution in [3.8, 4) is 0 Å². The van der Waals surface area contributed by atoms with Crippen LogP contribution in [0.25, 0.3) is 6.08 Å². The number of nitrogens with zero attached hydrogens (tertiary/aromatic N) is 2. The molecule has 1 N–H and O–H groups in total. The molecule has 1 aliphatic rings. The zero-order valence-corrected chi connectivity index (χ0v) is 13.1. The third kappa shape index (κ3) is 4.50. The Balaban J connectivity index is 2.10. The number of aldehydes is 1. The van der Waals surface area contributed by atoms with Crippen LogP contribution < -0.4 is 5.32 Å². The summed E-state index contributed by atoms with van der Waals surface area (Å²) in [4.78, 5) is 38.3. The summed E-state index contributed by atoms with van der Waals surface area (Å²) in [6.07, 6.45) is 3.53. The highest BCUT2D eigenvalue weighted by Crippen LogP contribution is 2.09. The van der Waals surface area contributed by atoms with Gasteiger partial charge in [-0.15, -0.1) is 0 Å². The Hall–Kier alpha value is -2.47. The summed E-state index contributed by atoms with van der Waals surface area (Å²) in [6.45, 7) is 3.54. The van der Waals surface area contributed by atoms with Gasteiger partial charge in [0.1, 0.15) is 6.29 Å². The second-order valence-electron chi connectivity index (χ2n) is 5.39. The van der Waals surface area contributed by atoms with E-state index < -0.39 is 11.9 Å². The maximum atomic E-state index is 12.6. The molecule has 0 saturated carbocycles. The number of hydrogen-bond donors (Lipinski definition) is 1. The average molecular weight is 315 g/mol. The van der Waals surface area contributed by atoms with Gasteiger partial charge in [-0.25, -0.2) is 4.79 Å². The van der Waals surface area contributed by atoms with Crippen LogP contribution in [-0.4, -0.2) is 60.2 Å². The fourth-order valence-electron chi connectivity index (χ4n) is 2.44. The second kappa shape index (κ2) is 8.24. The van der Waals surface area contributed by atoms with Crippen molar-refractivity contribution in [2.45, 2.75) is 13.0 Å². The van der Waals surface area contributed by atoms with Crippen molar-refractivity contribution in [1.82, 2.24) is 15.1 Å². The second-order valence-corrected chi connectivity index (χ2v) is 5.39. The van der Waals surface area contributed by atoms with Crippen molar-refractivity contribution < 1.29 is 14.4 Å². The first-order valence-corrected chi connectivity index (χ1v) is 7.63. The van der Waals surface area contributed by atoms with Crippen molar-refractivity contribution in [3.05, 3.63) is 42.0 Å². The van der Waals surface area contributed by atoms with Crippen molar-refractivity contribution >= 4 is 24.3 Å². The fraction of sp³-hybridized carbons (Fsp3) is 0.353. The van der Waals surface area contributed by atoms with E-state index in [-0.39, 0.29) is 12.6 Å². The Morgan fingerprint density at radius 3 is 2.74 bits per heavy atom. The highest BCUT2D eigenvalue weighted by Gasteiger charge is 2.29. The first-order valence-electron chi connectivity index (χ1n) is 7.63. The number of amides is 3. The van der Waals surface area contributed by atoms with Crippen LogP contribution in [-0.2, 0) is 9.59 Å². The van der Waals surface area contributed by atoms with Gasteiger partial charge in [0, 0.05) is 31.8 Å². The molecule has 2 rings (SSSR count). The number of urea groups is 1. The van der Waals surface area contributed by atoms with Gasteiger partial charge in [-0.1, -0.05) is 30.3 Å². The van der Waals surface area contributed by atoms with E-state index in [9.17, 15) is 14.4 Å². The van der Waals surface area contributed by atoms with Gasteiger partial charge in [0.05, 0.1) is 6.54 Å². The highest BCUT2D eigenvalue weighted by molar-refractivity contribution is 6.03. The quantitative estimate of drug-likeness (QED) is 0.668. The molecular formula is C17H21N3O3. The molecule has 1 atom stereocenters. The zero-order chi connectivity index (χ0) is 16.7. The lowest BCUT2D eigenvalue weighted by Crippen LogP contribution is -2.57. The van der Waals surface area contributed by atoms with Crippen LogP contribution in [0.15, 0.2) is 36.4 Å².